The van der Waals surface area contributed by atoms with Crippen LogP contribution in [0.2, 0.25) is 0 Å². The lowest BCUT2D eigenvalue weighted by Gasteiger charge is -2.12. The number of ether oxygens (including phenoxy) is 1. The first-order chi connectivity index (χ1) is 9.31. The van der Waals surface area contributed by atoms with E-state index in [0.29, 0.717) is 11.3 Å². The Bertz CT molecular complexity index is 469. The smallest absolute Gasteiger partial charge is 0.273 e. The second-order valence-corrected chi connectivity index (χ2v) is 4.61. The highest BCUT2D eigenvalue weighted by Crippen LogP contribution is 2.17. The molecule has 0 heterocycles. The monoisotopic (exact) mass is 260 g/mol. The molecule has 0 atom stereocenters. The Balaban J connectivity index is 1.95. The molecule has 0 saturated heterocycles. The minimum Gasteiger partial charge on any atom is -0.496 e. The van der Waals surface area contributed by atoms with Crippen LogP contribution < -0.4 is 15.6 Å². The van der Waals surface area contributed by atoms with Crippen LogP contribution in [0.25, 0.3) is 0 Å². The number of hydrogen-bond donors (Lipinski definition) is 2. The lowest BCUT2D eigenvalue weighted by molar-refractivity contribution is 0.0935. The first kappa shape index (κ1) is 13.5. The SMILES string of the molecule is COc1ccccc1C(=O)NNC1=CCCCCC1. The van der Waals surface area contributed by atoms with Gasteiger partial charge in [-0.2, -0.15) is 0 Å². The molecule has 1 aliphatic rings. The van der Waals surface area contributed by atoms with Crippen molar-refractivity contribution in [3.05, 3.63) is 41.6 Å². The van der Waals surface area contributed by atoms with Crippen LogP contribution >= 0.6 is 0 Å². The van der Waals surface area contributed by atoms with Crippen LogP contribution in [0, 0.1) is 0 Å². The average Bonchev–Trinajstić information content (AvgIpc) is 2.73. The fourth-order valence-corrected chi connectivity index (χ4v) is 2.17. The molecule has 19 heavy (non-hydrogen) atoms. The molecule has 1 aromatic rings. The van der Waals surface area contributed by atoms with Crippen molar-refractivity contribution in [1.29, 1.82) is 0 Å². The zero-order valence-corrected chi connectivity index (χ0v) is 11.2. The molecule has 102 valence electrons. The minimum atomic E-state index is -0.178. The Labute approximate surface area is 113 Å². The number of hydrogen-bond acceptors (Lipinski definition) is 3. The number of benzene rings is 1. The van der Waals surface area contributed by atoms with Gasteiger partial charge in [0.15, 0.2) is 0 Å². The van der Waals surface area contributed by atoms with E-state index in [9.17, 15) is 4.79 Å². The number of carbonyl (C=O) groups excluding carboxylic acids is 1. The van der Waals surface area contributed by atoms with Crippen LogP contribution in [-0.4, -0.2) is 13.0 Å². The quantitative estimate of drug-likeness (QED) is 0.818. The van der Waals surface area contributed by atoms with Crippen molar-refractivity contribution in [2.45, 2.75) is 32.1 Å². The molecule has 0 bridgehead atoms. The number of rotatable bonds is 4. The second-order valence-electron chi connectivity index (χ2n) is 4.61. The van der Waals surface area contributed by atoms with Gasteiger partial charge in [0.05, 0.1) is 12.7 Å². The van der Waals surface area contributed by atoms with Crippen LogP contribution in [0.4, 0.5) is 0 Å². The van der Waals surface area contributed by atoms with E-state index in [4.69, 9.17) is 4.74 Å². The number of hydrazine groups is 1. The highest BCUT2D eigenvalue weighted by atomic mass is 16.5. The van der Waals surface area contributed by atoms with Crippen LogP contribution in [0.3, 0.4) is 0 Å². The molecule has 1 aromatic carbocycles. The number of carbonyl (C=O) groups is 1. The largest absolute Gasteiger partial charge is 0.496 e. The summed E-state index contributed by atoms with van der Waals surface area (Å²) in [5.41, 5.74) is 7.38. The van der Waals surface area contributed by atoms with Gasteiger partial charge in [-0.25, -0.2) is 0 Å². The predicted molar refractivity (Wildman–Crippen MR) is 74.8 cm³/mol. The molecule has 1 amide bonds. The van der Waals surface area contributed by atoms with Crippen molar-refractivity contribution in [2.24, 2.45) is 0 Å². The molecular weight excluding hydrogens is 240 g/mol. The summed E-state index contributed by atoms with van der Waals surface area (Å²) in [6, 6.07) is 7.19. The van der Waals surface area contributed by atoms with E-state index in [1.54, 1.807) is 19.2 Å². The van der Waals surface area contributed by atoms with E-state index in [0.717, 1.165) is 18.5 Å². The standard InChI is InChI=1S/C15H20N2O2/c1-19-14-11-7-6-10-13(14)15(18)17-16-12-8-4-2-3-5-9-12/h6-8,10-11,16H,2-5,9H2,1H3,(H,17,18). The lowest BCUT2D eigenvalue weighted by atomic mass is 10.2. The maximum atomic E-state index is 12.1. The van der Waals surface area contributed by atoms with E-state index in [2.05, 4.69) is 16.9 Å². The third kappa shape index (κ3) is 3.74. The molecule has 0 aliphatic heterocycles. The molecule has 2 N–H and O–H groups in total. The molecule has 0 spiro atoms. The van der Waals surface area contributed by atoms with Crippen molar-refractivity contribution in [1.82, 2.24) is 10.9 Å². The van der Waals surface area contributed by atoms with E-state index in [1.165, 1.54) is 19.3 Å². The fourth-order valence-electron chi connectivity index (χ4n) is 2.17. The summed E-state index contributed by atoms with van der Waals surface area (Å²) in [7, 11) is 1.56. The van der Waals surface area contributed by atoms with E-state index in [1.807, 2.05) is 12.1 Å². The van der Waals surface area contributed by atoms with Gasteiger partial charge in [0.2, 0.25) is 0 Å². The number of nitrogens with one attached hydrogen (secondary N) is 2. The van der Waals surface area contributed by atoms with Crippen LogP contribution in [-0.2, 0) is 0 Å². The Morgan fingerprint density at radius 3 is 2.89 bits per heavy atom. The molecule has 0 saturated carbocycles. The van der Waals surface area contributed by atoms with Crippen LogP contribution in [0.1, 0.15) is 42.5 Å². The molecule has 0 fully saturated rings. The van der Waals surface area contributed by atoms with Crippen LogP contribution in [0.15, 0.2) is 36.0 Å². The third-order valence-corrected chi connectivity index (χ3v) is 3.23. The number of allylic oxidation sites excluding steroid dienone is 2. The average molecular weight is 260 g/mol. The first-order valence-electron chi connectivity index (χ1n) is 6.69. The minimum absolute atomic E-state index is 0.178. The summed E-state index contributed by atoms with van der Waals surface area (Å²) in [6.45, 7) is 0. The summed E-state index contributed by atoms with van der Waals surface area (Å²) < 4.78 is 5.18. The highest BCUT2D eigenvalue weighted by molar-refractivity contribution is 5.96. The van der Waals surface area contributed by atoms with Crippen molar-refractivity contribution < 1.29 is 9.53 Å². The summed E-state index contributed by atoms with van der Waals surface area (Å²) in [6.07, 6.45) is 7.88. The lowest BCUT2D eigenvalue weighted by Crippen LogP contribution is -2.36. The molecule has 0 unspecified atom stereocenters. The molecule has 4 heteroatoms. The third-order valence-electron chi connectivity index (χ3n) is 3.23. The fraction of sp³-hybridized carbons (Fsp3) is 0.400. The summed E-state index contributed by atoms with van der Waals surface area (Å²) in [5, 5.41) is 0. The Kier molecular flexibility index (Phi) is 4.84. The number of amides is 1. The molecule has 2 rings (SSSR count). The van der Waals surface area contributed by atoms with E-state index in [-0.39, 0.29) is 5.91 Å². The molecule has 0 aromatic heterocycles. The van der Waals surface area contributed by atoms with Crippen molar-refractivity contribution >= 4 is 5.91 Å². The van der Waals surface area contributed by atoms with Gasteiger partial charge in [-0.15, -0.1) is 0 Å². The van der Waals surface area contributed by atoms with Gasteiger partial charge in [-0.1, -0.05) is 24.6 Å². The molecule has 1 aliphatic carbocycles. The Morgan fingerprint density at radius 1 is 1.21 bits per heavy atom. The second kappa shape index (κ2) is 6.83. The molecule has 4 nitrogen and oxygen atoms in total. The zero-order chi connectivity index (χ0) is 13.5. The van der Waals surface area contributed by atoms with Gasteiger partial charge in [0.1, 0.15) is 5.75 Å². The first-order valence-corrected chi connectivity index (χ1v) is 6.69. The van der Waals surface area contributed by atoms with Gasteiger partial charge in [0, 0.05) is 5.70 Å². The molecule has 0 radical (unpaired) electrons. The van der Waals surface area contributed by atoms with Gasteiger partial charge in [-0.3, -0.25) is 10.2 Å². The van der Waals surface area contributed by atoms with Gasteiger partial charge < -0.3 is 10.2 Å². The zero-order valence-electron chi connectivity index (χ0n) is 11.2. The van der Waals surface area contributed by atoms with Crippen molar-refractivity contribution in [3.63, 3.8) is 0 Å². The number of methoxy groups -OCH3 is 1. The summed E-state index contributed by atoms with van der Waals surface area (Å²) in [5.74, 6) is 0.402. The van der Waals surface area contributed by atoms with Gasteiger partial charge in [-0.05, 0) is 37.8 Å². The predicted octanol–water partition coefficient (Wildman–Crippen LogP) is 2.78. The van der Waals surface area contributed by atoms with E-state index < -0.39 is 0 Å². The van der Waals surface area contributed by atoms with Crippen molar-refractivity contribution in [2.75, 3.05) is 7.11 Å². The number of para-hydroxylation sites is 1. The van der Waals surface area contributed by atoms with E-state index >= 15 is 0 Å². The maximum Gasteiger partial charge on any atom is 0.273 e. The summed E-state index contributed by atoms with van der Waals surface area (Å²) >= 11 is 0. The topological polar surface area (TPSA) is 50.4 Å². The highest BCUT2D eigenvalue weighted by Gasteiger charge is 2.11. The summed E-state index contributed by atoms with van der Waals surface area (Å²) in [4.78, 5) is 12.1. The molecular formula is C15H20N2O2. The van der Waals surface area contributed by atoms with Crippen molar-refractivity contribution in [3.8, 4) is 5.75 Å². The normalized spacial score (nSPS) is 15.1. The van der Waals surface area contributed by atoms with Gasteiger partial charge >= 0.3 is 0 Å². The Morgan fingerprint density at radius 2 is 2.05 bits per heavy atom. The maximum absolute atomic E-state index is 12.1. The van der Waals surface area contributed by atoms with Gasteiger partial charge in [0.25, 0.3) is 5.91 Å². The Hall–Kier alpha value is -1.97. The van der Waals surface area contributed by atoms with Crippen LogP contribution in [0.5, 0.6) is 5.75 Å².